The second kappa shape index (κ2) is 14.0. The molecule has 0 unspecified atom stereocenters. The molecule has 2 aromatic rings. The van der Waals surface area contributed by atoms with Gasteiger partial charge in [0, 0.05) is 21.8 Å². The molecule has 0 aromatic heterocycles. The molecule has 1 fully saturated rings. The van der Waals surface area contributed by atoms with Gasteiger partial charge in [-0.3, -0.25) is 14.9 Å². The Balaban J connectivity index is 1.79. The second-order valence-electron chi connectivity index (χ2n) is 10.2. The maximum absolute atomic E-state index is 13.0. The van der Waals surface area contributed by atoms with Gasteiger partial charge in [-0.1, -0.05) is 73.5 Å². The lowest BCUT2D eigenvalue weighted by Gasteiger charge is -2.27. The number of carboxylic acids is 1. The van der Waals surface area contributed by atoms with Crippen molar-refractivity contribution in [1.29, 1.82) is 0 Å². The smallest absolute Gasteiger partial charge is 0.412 e. The molecule has 0 spiro atoms. The second-order valence-corrected chi connectivity index (χ2v) is 10.6. The molecule has 1 aliphatic rings. The minimum atomic E-state index is -0.935. The molecule has 0 bridgehead atoms. The summed E-state index contributed by atoms with van der Waals surface area (Å²) in [5, 5.41) is 15.9. The van der Waals surface area contributed by atoms with Gasteiger partial charge in [0.1, 0.15) is 6.10 Å². The van der Waals surface area contributed by atoms with E-state index in [1.807, 2.05) is 56.3 Å². The standard InChI is InChI=1S/C32H37ClN2O5/c1-19(2)28(34-30(36)25-13-6-7-14-26(25)31(37)38)18-17-20(3)23-15-10-11-21(4)29(23)35-32(39)40-22(5)24-12-8-9-16-27(24)33/h8-12,15-18,22,25-26H,1,6-7,13-14H2,2-5H3,(H,34,36)(H,35,39)(H,37,38)/b20-17+,28-18+/t22-,25+,26+/m1/s1. The van der Waals surface area contributed by atoms with Gasteiger partial charge >= 0.3 is 12.1 Å². The van der Waals surface area contributed by atoms with Crippen molar-refractivity contribution < 1.29 is 24.2 Å². The summed E-state index contributed by atoms with van der Waals surface area (Å²) < 4.78 is 5.60. The molecule has 212 valence electrons. The number of anilines is 1. The highest BCUT2D eigenvalue weighted by atomic mass is 35.5. The molecule has 1 aliphatic carbocycles. The van der Waals surface area contributed by atoms with Gasteiger partial charge in [0.25, 0.3) is 0 Å². The lowest BCUT2D eigenvalue weighted by molar-refractivity contribution is -0.148. The van der Waals surface area contributed by atoms with Gasteiger partial charge in [-0.25, -0.2) is 4.79 Å². The predicted octanol–water partition coefficient (Wildman–Crippen LogP) is 7.83. The molecule has 8 heteroatoms. The Morgan fingerprint density at radius 1 is 1.05 bits per heavy atom. The predicted molar refractivity (Wildman–Crippen MR) is 159 cm³/mol. The molecule has 1 saturated carbocycles. The molecule has 0 saturated heterocycles. The van der Waals surface area contributed by atoms with Crippen molar-refractivity contribution in [2.45, 2.75) is 59.5 Å². The van der Waals surface area contributed by atoms with Crippen molar-refractivity contribution in [3.05, 3.63) is 94.2 Å². The highest BCUT2D eigenvalue weighted by Gasteiger charge is 2.35. The molecule has 7 nitrogen and oxygen atoms in total. The van der Waals surface area contributed by atoms with Crippen LogP contribution in [-0.2, 0) is 14.3 Å². The van der Waals surface area contributed by atoms with Crippen LogP contribution in [-0.4, -0.2) is 23.1 Å². The first-order valence-corrected chi connectivity index (χ1v) is 13.8. The summed E-state index contributed by atoms with van der Waals surface area (Å²) >= 11 is 6.25. The fourth-order valence-corrected chi connectivity index (χ4v) is 5.17. The van der Waals surface area contributed by atoms with Crippen molar-refractivity contribution in [3.63, 3.8) is 0 Å². The molecule has 0 radical (unpaired) electrons. The Bertz CT molecular complexity index is 1350. The monoisotopic (exact) mass is 564 g/mol. The highest BCUT2D eigenvalue weighted by molar-refractivity contribution is 6.31. The van der Waals surface area contributed by atoms with Crippen LogP contribution in [0.15, 0.2) is 72.5 Å². The van der Waals surface area contributed by atoms with Gasteiger partial charge in [0.2, 0.25) is 5.91 Å². The number of carbonyl (C=O) groups excluding carboxylic acids is 2. The molecular weight excluding hydrogens is 528 g/mol. The van der Waals surface area contributed by atoms with Gasteiger partial charge in [0.15, 0.2) is 0 Å². The Labute approximate surface area is 241 Å². The largest absolute Gasteiger partial charge is 0.481 e. The summed E-state index contributed by atoms with van der Waals surface area (Å²) in [6, 6.07) is 12.9. The zero-order chi connectivity index (χ0) is 29.4. The van der Waals surface area contributed by atoms with Crippen LogP contribution in [0.5, 0.6) is 0 Å². The molecule has 3 atom stereocenters. The van der Waals surface area contributed by atoms with Gasteiger partial charge < -0.3 is 15.2 Å². The number of carboxylic acid groups (broad SMARTS) is 1. The van der Waals surface area contributed by atoms with E-state index in [2.05, 4.69) is 17.2 Å². The number of allylic oxidation sites excluding steroid dienone is 4. The number of hydrogen-bond donors (Lipinski definition) is 3. The van der Waals surface area contributed by atoms with Crippen molar-refractivity contribution in [2.75, 3.05) is 5.32 Å². The van der Waals surface area contributed by atoms with Gasteiger partial charge in [-0.15, -0.1) is 0 Å². The number of ether oxygens (including phenoxy) is 1. The minimum absolute atomic E-state index is 0.305. The third kappa shape index (κ3) is 7.85. The summed E-state index contributed by atoms with van der Waals surface area (Å²) in [5.41, 5.74) is 4.92. The summed E-state index contributed by atoms with van der Waals surface area (Å²) in [6.07, 6.45) is 5.11. The fraction of sp³-hybridized carbons (Fsp3) is 0.344. The van der Waals surface area contributed by atoms with E-state index < -0.39 is 30.0 Å². The van der Waals surface area contributed by atoms with Crippen LogP contribution in [0.25, 0.3) is 5.57 Å². The van der Waals surface area contributed by atoms with Gasteiger partial charge in [0.05, 0.1) is 17.5 Å². The number of halogens is 1. The maximum Gasteiger partial charge on any atom is 0.412 e. The van der Waals surface area contributed by atoms with E-state index in [1.165, 1.54) is 0 Å². The van der Waals surface area contributed by atoms with E-state index in [9.17, 15) is 19.5 Å². The quantitative estimate of drug-likeness (QED) is 0.269. The number of hydrogen-bond acceptors (Lipinski definition) is 4. The molecule has 2 aromatic carbocycles. The number of aliphatic carboxylic acids is 1. The van der Waals surface area contributed by atoms with E-state index in [0.717, 1.165) is 29.5 Å². The lowest BCUT2D eigenvalue weighted by atomic mass is 9.78. The number of para-hydroxylation sites is 1. The molecule has 3 rings (SSSR count). The minimum Gasteiger partial charge on any atom is -0.481 e. The van der Waals surface area contributed by atoms with E-state index in [1.54, 1.807) is 26.0 Å². The Kier molecular flexibility index (Phi) is 10.7. The first-order chi connectivity index (χ1) is 19.0. The first-order valence-electron chi connectivity index (χ1n) is 13.4. The normalized spacial score (nSPS) is 18.4. The van der Waals surface area contributed by atoms with Crippen LogP contribution in [0.3, 0.4) is 0 Å². The van der Waals surface area contributed by atoms with Crippen molar-refractivity contribution in [1.82, 2.24) is 5.32 Å². The van der Waals surface area contributed by atoms with Crippen LogP contribution in [0, 0.1) is 18.8 Å². The van der Waals surface area contributed by atoms with Gasteiger partial charge in [-0.2, -0.15) is 0 Å². The number of aryl methyl sites for hydroxylation is 1. The fourth-order valence-electron chi connectivity index (χ4n) is 4.88. The maximum atomic E-state index is 13.0. The number of amides is 2. The molecule has 0 heterocycles. The van der Waals surface area contributed by atoms with E-state index >= 15 is 0 Å². The Hall–Kier alpha value is -3.84. The zero-order valence-corrected chi connectivity index (χ0v) is 24.2. The number of rotatable bonds is 9. The van der Waals surface area contributed by atoms with E-state index in [-0.39, 0.29) is 5.91 Å². The molecular formula is C32H37ClN2O5. The van der Waals surface area contributed by atoms with Crippen molar-refractivity contribution in [2.24, 2.45) is 11.8 Å². The molecule has 2 amide bonds. The highest BCUT2D eigenvalue weighted by Crippen LogP contribution is 2.32. The summed E-state index contributed by atoms with van der Waals surface area (Å²) in [4.78, 5) is 37.5. The molecule has 3 N–H and O–H groups in total. The number of benzene rings is 2. The summed E-state index contributed by atoms with van der Waals surface area (Å²) in [7, 11) is 0. The van der Waals surface area contributed by atoms with Crippen LogP contribution in [0.4, 0.5) is 10.5 Å². The molecule has 0 aliphatic heterocycles. The SMILES string of the molecule is C=C(C)/C(=C\C=C(/C)c1cccc(C)c1NC(=O)O[C@H](C)c1ccccc1Cl)NC(=O)[C@H]1CCCC[C@@H]1C(=O)O. The average molecular weight is 565 g/mol. The molecule has 40 heavy (non-hydrogen) atoms. The Morgan fingerprint density at radius 2 is 1.73 bits per heavy atom. The third-order valence-electron chi connectivity index (χ3n) is 7.19. The Morgan fingerprint density at radius 3 is 2.38 bits per heavy atom. The topological polar surface area (TPSA) is 105 Å². The summed E-state index contributed by atoms with van der Waals surface area (Å²) in [6.45, 7) is 11.3. The first kappa shape index (κ1) is 30.7. The van der Waals surface area contributed by atoms with Crippen LogP contribution in [0.1, 0.15) is 69.2 Å². The summed E-state index contributed by atoms with van der Waals surface area (Å²) in [5.74, 6) is -2.50. The van der Waals surface area contributed by atoms with Crippen LogP contribution < -0.4 is 10.6 Å². The van der Waals surface area contributed by atoms with Crippen molar-refractivity contribution in [3.8, 4) is 0 Å². The number of nitrogens with one attached hydrogen (secondary N) is 2. The third-order valence-corrected chi connectivity index (χ3v) is 7.53. The zero-order valence-electron chi connectivity index (χ0n) is 23.4. The van der Waals surface area contributed by atoms with E-state index in [0.29, 0.717) is 40.4 Å². The lowest BCUT2D eigenvalue weighted by Crippen LogP contribution is -2.39. The number of carbonyl (C=O) groups is 3. The van der Waals surface area contributed by atoms with Gasteiger partial charge in [-0.05, 0) is 69.4 Å². The van der Waals surface area contributed by atoms with E-state index in [4.69, 9.17) is 16.3 Å². The van der Waals surface area contributed by atoms with Crippen LogP contribution >= 0.6 is 11.6 Å². The average Bonchev–Trinajstić information content (AvgIpc) is 2.91. The van der Waals surface area contributed by atoms with Crippen LogP contribution in [0.2, 0.25) is 5.02 Å². The van der Waals surface area contributed by atoms with Crippen molar-refractivity contribution >= 4 is 40.8 Å².